The highest BCUT2D eigenvalue weighted by Gasteiger charge is 2.04. The number of ether oxygens (including phenoxy) is 1. The molecule has 0 saturated carbocycles. The molecule has 4 rings (SSSR count). The van der Waals surface area contributed by atoms with E-state index in [1.54, 1.807) is 0 Å². The van der Waals surface area contributed by atoms with Crippen LogP contribution in [0.5, 0.6) is 0 Å². The Bertz CT molecular complexity index is 1460. The Kier molecular flexibility index (Phi) is 19.1. The zero-order valence-electron chi connectivity index (χ0n) is 24.7. The minimum Gasteiger partial charge on any atom is -0.478 e. The van der Waals surface area contributed by atoms with E-state index in [1.807, 2.05) is 121 Å². The van der Waals surface area contributed by atoms with Gasteiger partial charge in [-0.05, 0) is 35.4 Å². The number of carbonyl (C=O) groups is 4. The molecule has 0 fully saturated rings. The highest BCUT2D eigenvalue weighted by Crippen LogP contribution is 2.10. The Hall–Kier alpha value is -6.24. The van der Waals surface area contributed by atoms with Gasteiger partial charge in [-0.1, -0.05) is 117 Å². The minimum absolute atomic E-state index is 0.261. The molecule has 45 heavy (non-hydrogen) atoms. The predicted molar refractivity (Wildman–Crippen MR) is 177 cm³/mol. The second-order valence-electron chi connectivity index (χ2n) is 8.55. The highest BCUT2D eigenvalue weighted by molar-refractivity contribution is 5.95. The van der Waals surface area contributed by atoms with Gasteiger partial charge in [0.25, 0.3) is 0 Å². The maximum absolute atomic E-state index is 11.8. The van der Waals surface area contributed by atoms with E-state index < -0.39 is 17.9 Å². The zero-order valence-corrected chi connectivity index (χ0v) is 24.7. The first-order chi connectivity index (χ1) is 21.8. The summed E-state index contributed by atoms with van der Waals surface area (Å²) < 4.78 is 4.03. The maximum atomic E-state index is 11.8. The van der Waals surface area contributed by atoms with Crippen LogP contribution in [0.4, 0.5) is 11.4 Å². The smallest absolute Gasteiger partial charge is 0.338 e. The van der Waals surface area contributed by atoms with Crippen molar-refractivity contribution >= 4 is 41.1 Å². The number of hydrogen-bond acceptors (Lipinski definition) is 7. The lowest BCUT2D eigenvalue weighted by Crippen LogP contribution is -2.06. The normalized spacial score (nSPS) is 8.80. The molecule has 1 N–H and O–H groups in total. The molecule has 0 saturated heterocycles. The first kappa shape index (κ1) is 36.8. The molecule has 0 bridgehead atoms. The van der Waals surface area contributed by atoms with E-state index in [9.17, 15) is 19.2 Å². The third-order valence-electron chi connectivity index (χ3n) is 5.07. The number of para-hydroxylation sites is 2. The van der Waals surface area contributed by atoms with E-state index in [1.165, 1.54) is 0 Å². The molecule has 0 radical (unpaired) electrons. The van der Waals surface area contributed by atoms with Crippen molar-refractivity contribution < 1.29 is 29.0 Å². The van der Waals surface area contributed by atoms with Crippen molar-refractivity contribution in [3.05, 3.63) is 170 Å². The molecule has 0 aliphatic heterocycles. The second-order valence-corrected chi connectivity index (χ2v) is 8.55. The minimum atomic E-state index is -0.981. The van der Waals surface area contributed by atoms with Gasteiger partial charge < -0.3 is 9.84 Å². The number of rotatable bonds is 9. The summed E-state index contributed by atoms with van der Waals surface area (Å²) in [5, 5.41) is 7.60. The van der Waals surface area contributed by atoms with Gasteiger partial charge in [0.15, 0.2) is 0 Å². The Morgan fingerprint density at radius 2 is 0.889 bits per heavy atom. The number of carboxylic acid groups (broad SMARTS) is 1. The van der Waals surface area contributed by atoms with Crippen LogP contribution in [0.2, 0.25) is 0 Å². The van der Waals surface area contributed by atoms with Crippen molar-refractivity contribution in [3.8, 4) is 0 Å². The molecule has 8 heteroatoms. The van der Waals surface area contributed by atoms with Gasteiger partial charge in [-0.15, -0.1) is 0 Å². The van der Waals surface area contributed by atoms with E-state index >= 15 is 0 Å². The van der Waals surface area contributed by atoms with Crippen LogP contribution >= 0.6 is 0 Å². The van der Waals surface area contributed by atoms with Crippen LogP contribution in [0.15, 0.2) is 169 Å². The number of Topliss-reactive ketones (excluding diaryl/α,β-unsaturated/α-hetero) is 1. The molecule has 0 heterocycles. The predicted octanol–water partition coefficient (Wildman–Crippen LogP) is 7.55. The van der Waals surface area contributed by atoms with Gasteiger partial charge in [-0.2, -0.15) is 9.98 Å². The van der Waals surface area contributed by atoms with Crippen molar-refractivity contribution in [1.82, 2.24) is 0 Å². The largest absolute Gasteiger partial charge is 0.478 e. The number of nitrogens with zero attached hydrogens (tertiary/aromatic N) is 2. The van der Waals surface area contributed by atoms with Gasteiger partial charge in [0.05, 0.1) is 11.4 Å². The SMILES string of the molecule is C(=Nc1ccccc1)=Nc1ccccc1.C=CC(=O)O.C=CC(=O)OC(=O)C=C.O=C(Cc1ccccc1)Cc1ccccc1. The van der Waals surface area contributed by atoms with Crippen LogP contribution in [0.1, 0.15) is 11.1 Å². The fourth-order valence-corrected chi connectivity index (χ4v) is 3.04. The van der Waals surface area contributed by atoms with E-state index in [-0.39, 0.29) is 5.78 Å². The lowest BCUT2D eigenvalue weighted by molar-refractivity contribution is -0.152. The number of hydrogen-bond donors (Lipinski definition) is 1. The molecule has 0 aromatic heterocycles. The summed E-state index contributed by atoms with van der Waals surface area (Å²) in [6.45, 7) is 9.13. The van der Waals surface area contributed by atoms with Gasteiger partial charge in [0, 0.05) is 31.1 Å². The summed E-state index contributed by atoms with van der Waals surface area (Å²) in [5.74, 6) is -2.25. The first-order valence-electron chi connectivity index (χ1n) is 13.5. The van der Waals surface area contributed by atoms with Crippen LogP contribution in [-0.2, 0) is 36.8 Å². The molecule has 0 spiro atoms. The average Bonchev–Trinajstić information content (AvgIpc) is 3.07. The molecular formula is C37H34N2O6. The van der Waals surface area contributed by atoms with Crippen molar-refractivity contribution in [2.75, 3.05) is 0 Å². The molecule has 0 atom stereocenters. The molecular weight excluding hydrogens is 568 g/mol. The number of aliphatic imine (C=N–C) groups is 2. The Morgan fingerprint density at radius 1 is 0.578 bits per heavy atom. The number of esters is 2. The highest BCUT2D eigenvalue weighted by atomic mass is 16.6. The van der Waals surface area contributed by atoms with Gasteiger partial charge in [-0.25, -0.2) is 14.4 Å². The van der Waals surface area contributed by atoms with Gasteiger partial charge in [-0.3, -0.25) is 4.79 Å². The summed E-state index contributed by atoms with van der Waals surface area (Å²) in [6.07, 6.45) is 3.69. The topological polar surface area (TPSA) is 122 Å². The van der Waals surface area contributed by atoms with Crippen molar-refractivity contribution in [2.45, 2.75) is 12.8 Å². The number of benzene rings is 4. The van der Waals surface area contributed by atoms with Crippen LogP contribution in [0.25, 0.3) is 0 Å². The number of carboxylic acids is 1. The molecule has 4 aromatic carbocycles. The van der Waals surface area contributed by atoms with Crippen LogP contribution in [-0.4, -0.2) is 34.8 Å². The summed E-state index contributed by atoms with van der Waals surface area (Å²) >= 11 is 0. The summed E-state index contributed by atoms with van der Waals surface area (Å²) in [4.78, 5) is 49.5. The lowest BCUT2D eigenvalue weighted by Gasteiger charge is -2.01. The molecule has 8 nitrogen and oxygen atoms in total. The third kappa shape index (κ3) is 19.5. The molecule has 0 unspecified atom stereocenters. The molecule has 0 aliphatic carbocycles. The third-order valence-corrected chi connectivity index (χ3v) is 5.07. The summed E-state index contributed by atoms with van der Waals surface area (Å²) in [5.41, 5.74) is 3.89. The fourth-order valence-electron chi connectivity index (χ4n) is 3.04. The van der Waals surface area contributed by atoms with Crippen LogP contribution < -0.4 is 0 Å². The van der Waals surface area contributed by atoms with Crippen molar-refractivity contribution in [1.29, 1.82) is 0 Å². The van der Waals surface area contributed by atoms with Crippen molar-refractivity contribution in [2.24, 2.45) is 9.98 Å². The van der Waals surface area contributed by atoms with Crippen LogP contribution in [0.3, 0.4) is 0 Å². The maximum Gasteiger partial charge on any atom is 0.338 e. The van der Waals surface area contributed by atoms with Crippen molar-refractivity contribution in [3.63, 3.8) is 0 Å². The van der Waals surface area contributed by atoms with E-state index in [0.29, 0.717) is 12.8 Å². The number of ketones is 1. The summed E-state index contributed by atoms with van der Waals surface area (Å²) in [6, 6.07) is 41.7. The Morgan fingerprint density at radius 3 is 1.18 bits per heavy atom. The quantitative estimate of drug-likeness (QED) is 0.0913. The molecule has 0 aliphatic rings. The zero-order chi connectivity index (χ0) is 33.1. The van der Waals surface area contributed by atoms with Gasteiger partial charge in [0.1, 0.15) is 11.8 Å². The van der Waals surface area contributed by atoms with E-state index in [0.717, 1.165) is 40.7 Å². The molecule has 4 aromatic rings. The number of aliphatic carboxylic acids is 1. The van der Waals surface area contributed by atoms with Gasteiger partial charge >= 0.3 is 17.9 Å². The second kappa shape index (κ2) is 23.3. The standard InChI is InChI=1S/C15H14O.C13H10N2.C6H6O3.C3H4O2/c16-15(11-13-7-3-1-4-8-13)12-14-9-5-2-6-10-14;1-3-7-12(8-4-1)14-11-15-13-9-5-2-6-10-13;1-3-5(7)9-6(8)4-2;1-2-3(4)5/h1-10H,11-12H2;1-10H;3-4H,1-2H2;2H,1H2,(H,4,5). The van der Waals surface area contributed by atoms with Gasteiger partial charge in [0.2, 0.25) is 0 Å². The van der Waals surface area contributed by atoms with Crippen LogP contribution in [0, 0.1) is 0 Å². The average molecular weight is 603 g/mol. The molecule has 0 amide bonds. The number of carbonyl (C=O) groups excluding carboxylic acids is 3. The van der Waals surface area contributed by atoms with E-state index in [4.69, 9.17) is 5.11 Å². The first-order valence-corrected chi connectivity index (χ1v) is 13.5. The lowest BCUT2D eigenvalue weighted by atomic mass is 10.0. The Balaban J connectivity index is 0.000000324. The fraction of sp³-hybridized carbons (Fsp3) is 0.0541. The summed E-state index contributed by atoms with van der Waals surface area (Å²) in [7, 11) is 0. The Labute approximate surface area is 263 Å². The monoisotopic (exact) mass is 602 g/mol. The van der Waals surface area contributed by atoms with E-state index in [2.05, 4.69) is 40.5 Å². The molecule has 228 valence electrons.